The van der Waals surface area contributed by atoms with Crippen molar-refractivity contribution in [3.8, 4) is 11.8 Å². The van der Waals surface area contributed by atoms with E-state index in [2.05, 4.69) is 21.5 Å². The molecule has 0 radical (unpaired) electrons. The van der Waals surface area contributed by atoms with E-state index in [1.165, 1.54) is 24.3 Å². The van der Waals surface area contributed by atoms with Crippen LogP contribution in [0.4, 0.5) is 0 Å². The molecule has 0 aliphatic carbocycles. The Morgan fingerprint density at radius 3 is 2.78 bits per heavy atom. The predicted octanol–water partition coefficient (Wildman–Crippen LogP) is 3.91. The van der Waals surface area contributed by atoms with Gasteiger partial charge in [0.05, 0.1) is 6.25 Å². The van der Waals surface area contributed by atoms with Crippen molar-refractivity contribution in [3.05, 3.63) is 88.4 Å². The molecule has 2 aromatic heterocycles. The highest BCUT2D eigenvalue weighted by molar-refractivity contribution is 7.91. The van der Waals surface area contributed by atoms with Crippen molar-refractivity contribution in [2.75, 3.05) is 0 Å². The number of aromatic amines is 1. The maximum absolute atomic E-state index is 12.9. The molecule has 0 aliphatic rings. The molecule has 3 N–H and O–H groups in total. The number of thiophene rings is 1. The lowest BCUT2D eigenvalue weighted by Crippen LogP contribution is -2.41. The Morgan fingerprint density at radius 2 is 2.03 bits per heavy atom. The van der Waals surface area contributed by atoms with E-state index < -0.39 is 28.9 Å². The number of rotatable bonds is 6. The molecule has 0 fully saturated rings. The Morgan fingerprint density at radius 1 is 1.22 bits per heavy atom. The second-order valence-electron chi connectivity index (χ2n) is 6.95. The smallest absolute Gasteiger partial charge is 0.322 e. The van der Waals surface area contributed by atoms with Crippen LogP contribution >= 0.6 is 11.3 Å². The van der Waals surface area contributed by atoms with E-state index in [1.54, 1.807) is 36.5 Å². The molecule has 0 bridgehead atoms. The van der Waals surface area contributed by atoms with Crippen LogP contribution in [0, 0.1) is 18.7 Å². The molecule has 162 valence electrons. The maximum Gasteiger partial charge on any atom is 0.322 e. The SMILES string of the molecule is [2H]c1ccc2c(C[C@@H](NS(=O)(=O)c3ccc(C#Cc4ccc(C([2H])([2H])[2H])cc4)s3)C(=O)O)c[nH]c2c1. The highest BCUT2D eigenvalue weighted by Crippen LogP contribution is 2.23. The van der Waals surface area contributed by atoms with E-state index in [1.807, 2.05) is 0 Å². The van der Waals surface area contributed by atoms with Crippen molar-refractivity contribution >= 4 is 38.2 Å². The number of sulfonamides is 1. The minimum Gasteiger partial charge on any atom is -0.480 e. The minimum absolute atomic E-state index is 0.0754. The number of carboxylic acids is 1. The molecular weight excluding hydrogens is 444 g/mol. The molecule has 0 unspecified atom stereocenters. The number of para-hydroxylation sites is 1. The summed E-state index contributed by atoms with van der Waals surface area (Å²) in [6.45, 7) is -2.20. The summed E-state index contributed by atoms with van der Waals surface area (Å²) < 4.78 is 57.9. The van der Waals surface area contributed by atoms with Crippen molar-refractivity contribution in [1.29, 1.82) is 0 Å². The first-order valence-corrected chi connectivity index (χ1v) is 11.8. The lowest BCUT2D eigenvalue weighted by atomic mass is 10.1. The number of H-pyrrole nitrogens is 1. The second kappa shape index (κ2) is 9.01. The molecule has 4 rings (SSSR count). The number of carbonyl (C=O) groups is 1. The Kier molecular flexibility index (Phi) is 4.84. The second-order valence-corrected chi connectivity index (χ2v) is 9.97. The number of hydrogen-bond acceptors (Lipinski definition) is 4. The number of aryl methyl sites for hydroxylation is 1. The van der Waals surface area contributed by atoms with Crippen LogP contribution in [0.2, 0.25) is 0 Å². The summed E-state index contributed by atoms with van der Waals surface area (Å²) in [7, 11) is -4.13. The molecule has 6 nitrogen and oxygen atoms in total. The van der Waals surface area contributed by atoms with Gasteiger partial charge in [0.1, 0.15) is 10.3 Å². The van der Waals surface area contributed by atoms with Crippen LogP contribution in [0.5, 0.6) is 0 Å². The Bertz CT molecular complexity index is 1590. The van der Waals surface area contributed by atoms with Gasteiger partial charge in [0, 0.05) is 33.2 Å². The summed E-state index contributed by atoms with van der Waals surface area (Å²) in [6.07, 6.45) is 1.52. The third kappa shape index (κ3) is 4.92. The van der Waals surface area contributed by atoms with E-state index in [0.29, 0.717) is 27.6 Å². The zero-order valence-electron chi connectivity index (χ0n) is 20.5. The van der Waals surface area contributed by atoms with Crippen LogP contribution in [-0.2, 0) is 21.2 Å². The van der Waals surface area contributed by atoms with E-state index in [4.69, 9.17) is 5.48 Å². The summed E-state index contributed by atoms with van der Waals surface area (Å²) in [5.41, 5.74) is 2.05. The first-order chi connectivity index (χ1) is 16.9. The molecule has 8 heteroatoms. The quantitative estimate of drug-likeness (QED) is 0.374. The van der Waals surface area contributed by atoms with Crippen molar-refractivity contribution in [2.45, 2.75) is 23.5 Å². The van der Waals surface area contributed by atoms with Gasteiger partial charge < -0.3 is 10.1 Å². The average Bonchev–Trinajstić information content (AvgIpc) is 3.44. The molecule has 32 heavy (non-hydrogen) atoms. The fourth-order valence-corrected chi connectivity index (χ4v) is 5.47. The van der Waals surface area contributed by atoms with Crippen molar-refractivity contribution in [1.82, 2.24) is 9.71 Å². The third-order valence-corrected chi connectivity index (χ3v) is 7.66. The normalized spacial score (nSPS) is 14.5. The number of aliphatic carboxylic acids is 1. The summed E-state index contributed by atoms with van der Waals surface area (Å²) in [5, 5.41) is 10.4. The van der Waals surface area contributed by atoms with Crippen molar-refractivity contribution < 1.29 is 23.8 Å². The summed E-state index contributed by atoms with van der Waals surface area (Å²) in [4.78, 5) is 15.3. The van der Waals surface area contributed by atoms with Gasteiger partial charge in [0.2, 0.25) is 0 Å². The van der Waals surface area contributed by atoms with E-state index >= 15 is 0 Å². The number of carboxylic acid groups (broad SMARTS) is 1. The van der Waals surface area contributed by atoms with Gasteiger partial charge in [-0.3, -0.25) is 4.79 Å². The van der Waals surface area contributed by atoms with Gasteiger partial charge in [-0.2, -0.15) is 4.72 Å². The Labute approximate surface area is 195 Å². The van der Waals surface area contributed by atoms with Crippen LogP contribution in [0.3, 0.4) is 0 Å². The molecule has 0 saturated carbocycles. The molecule has 0 spiro atoms. The first kappa shape index (κ1) is 17.2. The molecule has 4 aromatic rings. The van der Waals surface area contributed by atoms with Gasteiger partial charge >= 0.3 is 5.97 Å². The number of hydrogen-bond donors (Lipinski definition) is 3. The summed E-state index contributed by atoms with van der Waals surface area (Å²) >= 11 is 0.898. The number of aromatic nitrogens is 1. The number of nitrogens with one attached hydrogen (secondary N) is 2. The molecule has 2 aromatic carbocycles. The van der Waals surface area contributed by atoms with E-state index in [0.717, 1.165) is 16.7 Å². The van der Waals surface area contributed by atoms with Crippen molar-refractivity contribution in [3.63, 3.8) is 0 Å². The molecule has 1 atom stereocenters. The highest BCUT2D eigenvalue weighted by Gasteiger charge is 2.27. The van der Waals surface area contributed by atoms with E-state index in [9.17, 15) is 18.3 Å². The summed E-state index contributed by atoms with van der Waals surface area (Å²) in [6, 6.07) is 12.7. The Hall–Kier alpha value is -3.38. The zero-order valence-corrected chi connectivity index (χ0v) is 18.2. The van der Waals surface area contributed by atoms with Crippen LogP contribution in [0.15, 0.2) is 71.0 Å². The minimum atomic E-state index is -4.13. The standard InChI is InChI=1S/C24H20N2O4S2/c1-16-6-8-17(9-7-16)10-11-19-12-13-23(31-19)32(29,30)26-22(24(27)28)14-18-15-25-21-5-3-2-4-20(18)21/h2-9,12-13,15,22,25-26H,14H2,1H3,(H,27,28)/t22-/m1/s1/i1D3,3D. The lowest BCUT2D eigenvalue weighted by Gasteiger charge is -2.13. The van der Waals surface area contributed by atoms with E-state index in [-0.39, 0.29) is 16.2 Å². The maximum atomic E-state index is 12.9. The van der Waals surface area contributed by atoms with Crippen molar-refractivity contribution in [2.24, 2.45) is 0 Å². The fraction of sp³-hybridized carbons (Fsp3) is 0.125. The largest absolute Gasteiger partial charge is 0.480 e. The van der Waals surface area contributed by atoms with Crippen LogP contribution in [0.1, 0.15) is 27.1 Å². The van der Waals surface area contributed by atoms with Gasteiger partial charge in [-0.1, -0.05) is 47.7 Å². The molecule has 0 amide bonds. The predicted molar refractivity (Wildman–Crippen MR) is 125 cm³/mol. The fourth-order valence-electron chi connectivity index (χ4n) is 3.11. The van der Waals surface area contributed by atoms with Gasteiger partial charge in [-0.25, -0.2) is 8.42 Å². The van der Waals surface area contributed by atoms with Crippen LogP contribution in [0.25, 0.3) is 10.9 Å². The molecule has 0 saturated heterocycles. The number of benzene rings is 2. The van der Waals surface area contributed by atoms with Gasteiger partial charge in [0.25, 0.3) is 10.0 Å². The topological polar surface area (TPSA) is 99.3 Å². The molecular formula is C24H20N2O4S2. The molecule has 2 heterocycles. The number of fused-ring (bicyclic) bond motifs is 1. The zero-order chi connectivity index (χ0) is 26.1. The average molecular weight is 469 g/mol. The monoisotopic (exact) mass is 468 g/mol. The first-order valence-electron chi connectivity index (χ1n) is 11.5. The molecule has 0 aliphatic heterocycles. The highest BCUT2D eigenvalue weighted by atomic mass is 32.2. The van der Waals surface area contributed by atoms with Crippen LogP contribution < -0.4 is 4.72 Å². The van der Waals surface area contributed by atoms with Gasteiger partial charge in [0.15, 0.2) is 0 Å². The summed E-state index contributed by atoms with van der Waals surface area (Å²) in [5.74, 6) is 4.40. The third-order valence-electron chi connectivity index (χ3n) is 4.69. The Balaban J connectivity index is 1.50. The van der Waals surface area contributed by atoms with Crippen LogP contribution in [-0.4, -0.2) is 30.5 Å². The van der Waals surface area contributed by atoms with Gasteiger partial charge in [-0.05, 0) is 42.7 Å². The van der Waals surface area contributed by atoms with Gasteiger partial charge in [-0.15, -0.1) is 11.3 Å². The lowest BCUT2D eigenvalue weighted by molar-refractivity contribution is -0.138.